The Morgan fingerprint density at radius 3 is 2.60 bits per heavy atom. The van der Waals surface area contributed by atoms with Crippen LogP contribution in [-0.2, 0) is 14.3 Å². The number of esters is 1. The van der Waals surface area contributed by atoms with Crippen molar-refractivity contribution >= 4 is 35.0 Å². The largest absolute Gasteiger partial charge is 0.497 e. The third kappa shape index (κ3) is 3.96. The molecule has 1 atom stereocenters. The van der Waals surface area contributed by atoms with Crippen LogP contribution in [0.25, 0.3) is 6.08 Å². The minimum atomic E-state index is -0.981. The number of carbonyl (C=O) groups excluding carboxylic acids is 3. The summed E-state index contributed by atoms with van der Waals surface area (Å²) < 4.78 is 15.3. The Kier molecular flexibility index (Phi) is 6.08. The first-order valence-corrected chi connectivity index (χ1v) is 8.40. The van der Waals surface area contributed by atoms with Gasteiger partial charge in [-0.3, -0.25) is 14.5 Å². The molecule has 1 unspecified atom stereocenters. The first-order chi connectivity index (χ1) is 11.9. The van der Waals surface area contributed by atoms with Crippen LogP contribution in [0, 0.1) is 0 Å². The molecule has 1 fully saturated rings. The highest BCUT2D eigenvalue weighted by molar-refractivity contribution is 8.18. The Morgan fingerprint density at radius 2 is 2.00 bits per heavy atom. The Bertz CT molecular complexity index is 730. The molecule has 1 aliphatic rings. The quantitative estimate of drug-likeness (QED) is 0.566. The number of benzene rings is 1. The Morgan fingerprint density at radius 1 is 1.28 bits per heavy atom. The second kappa shape index (κ2) is 8.06. The predicted molar refractivity (Wildman–Crippen MR) is 93.5 cm³/mol. The molecule has 1 heterocycles. The van der Waals surface area contributed by atoms with Gasteiger partial charge in [-0.2, -0.15) is 0 Å². The molecule has 0 N–H and O–H groups in total. The van der Waals surface area contributed by atoms with E-state index < -0.39 is 23.2 Å². The normalized spacial score (nSPS) is 17.0. The van der Waals surface area contributed by atoms with Gasteiger partial charge in [-0.25, -0.2) is 4.79 Å². The van der Waals surface area contributed by atoms with Crippen LogP contribution in [0.2, 0.25) is 0 Å². The monoisotopic (exact) mass is 365 g/mol. The van der Waals surface area contributed by atoms with Crippen molar-refractivity contribution in [3.63, 3.8) is 0 Å². The highest BCUT2D eigenvalue weighted by Crippen LogP contribution is 2.36. The molecule has 8 heteroatoms. The molecule has 1 aromatic rings. The lowest BCUT2D eigenvalue weighted by Crippen LogP contribution is -2.42. The van der Waals surface area contributed by atoms with Crippen LogP contribution in [0.15, 0.2) is 23.1 Å². The maximum atomic E-state index is 12.6. The average Bonchev–Trinajstić information content (AvgIpc) is 2.88. The Balaban J connectivity index is 2.33. The lowest BCUT2D eigenvalue weighted by Gasteiger charge is -2.19. The number of carbonyl (C=O) groups is 3. The molecule has 0 aliphatic carbocycles. The zero-order valence-electron chi connectivity index (χ0n) is 14.4. The van der Waals surface area contributed by atoms with Crippen molar-refractivity contribution < 1.29 is 28.6 Å². The summed E-state index contributed by atoms with van der Waals surface area (Å²) in [5.74, 6) is -0.0392. The molecular weight excluding hydrogens is 346 g/mol. The van der Waals surface area contributed by atoms with Crippen LogP contribution >= 0.6 is 11.8 Å². The first-order valence-electron chi connectivity index (χ1n) is 7.58. The predicted octanol–water partition coefficient (Wildman–Crippen LogP) is 2.69. The zero-order valence-corrected chi connectivity index (χ0v) is 15.2. The maximum absolute atomic E-state index is 12.6. The lowest BCUT2D eigenvalue weighted by atomic mass is 10.1. The fraction of sp³-hybridized carbons (Fsp3) is 0.353. The van der Waals surface area contributed by atoms with Crippen LogP contribution in [-0.4, -0.2) is 48.9 Å². The molecule has 0 spiro atoms. The topological polar surface area (TPSA) is 82.1 Å². The second-order valence-corrected chi connectivity index (χ2v) is 6.08. The fourth-order valence-corrected chi connectivity index (χ4v) is 3.17. The van der Waals surface area contributed by atoms with E-state index >= 15 is 0 Å². The average molecular weight is 365 g/mol. The summed E-state index contributed by atoms with van der Waals surface area (Å²) in [5, 5.41) is -0.515. The van der Waals surface area contributed by atoms with Crippen molar-refractivity contribution in [3.05, 3.63) is 28.7 Å². The van der Waals surface area contributed by atoms with Crippen LogP contribution in [0.3, 0.4) is 0 Å². The molecule has 2 amide bonds. The number of nitrogens with zero attached hydrogens (tertiary/aromatic N) is 1. The summed E-state index contributed by atoms with van der Waals surface area (Å²) in [6.45, 7) is 3.30. The third-order valence-corrected chi connectivity index (χ3v) is 4.45. The molecule has 7 nitrogen and oxygen atoms in total. The minimum Gasteiger partial charge on any atom is -0.497 e. The van der Waals surface area contributed by atoms with Gasteiger partial charge >= 0.3 is 5.97 Å². The van der Waals surface area contributed by atoms with Gasteiger partial charge in [0, 0.05) is 5.56 Å². The smallest absolute Gasteiger partial charge is 0.329 e. The van der Waals surface area contributed by atoms with E-state index in [1.54, 1.807) is 31.2 Å². The number of hydrogen-bond donors (Lipinski definition) is 0. The van der Waals surface area contributed by atoms with E-state index in [9.17, 15) is 14.4 Å². The number of rotatable bonds is 6. The zero-order chi connectivity index (χ0) is 18.6. The Labute approximate surface area is 149 Å². The molecule has 0 aromatic heterocycles. The van der Waals surface area contributed by atoms with Crippen molar-refractivity contribution in [2.75, 3.05) is 20.8 Å². The van der Waals surface area contributed by atoms with Gasteiger partial charge in [0.05, 0.1) is 25.7 Å². The number of ether oxygens (including phenoxy) is 3. The van der Waals surface area contributed by atoms with Gasteiger partial charge in [-0.1, -0.05) is 0 Å². The van der Waals surface area contributed by atoms with Gasteiger partial charge in [0.25, 0.3) is 11.1 Å². The van der Waals surface area contributed by atoms with Crippen LogP contribution in [0.1, 0.15) is 19.4 Å². The van der Waals surface area contributed by atoms with Crippen molar-refractivity contribution in [2.24, 2.45) is 0 Å². The molecule has 1 saturated heterocycles. The van der Waals surface area contributed by atoms with Gasteiger partial charge in [-0.15, -0.1) is 0 Å². The molecule has 1 aliphatic heterocycles. The van der Waals surface area contributed by atoms with Crippen LogP contribution in [0.4, 0.5) is 4.79 Å². The summed E-state index contributed by atoms with van der Waals surface area (Å²) in [4.78, 5) is 37.7. The fourth-order valence-electron chi connectivity index (χ4n) is 2.28. The number of imide groups is 1. The summed E-state index contributed by atoms with van der Waals surface area (Å²) in [5.41, 5.74) is 0.594. The number of amides is 2. The molecule has 25 heavy (non-hydrogen) atoms. The van der Waals surface area contributed by atoms with Gasteiger partial charge in [0.1, 0.15) is 17.5 Å². The van der Waals surface area contributed by atoms with Crippen LogP contribution < -0.4 is 9.47 Å². The molecular formula is C17H19NO6S. The first kappa shape index (κ1) is 18.9. The lowest BCUT2D eigenvalue weighted by molar-refractivity contribution is -0.150. The summed E-state index contributed by atoms with van der Waals surface area (Å²) >= 11 is 0.767. The van der Waals surface area contributed by atoms with E-state index in [0.717, 1.165) is 16.7 Å². The van der Waals surface area contributed by atoms with Gasteiger partial charge in [0.15, 0.2) is 0 Å². The van der Waals surface area contributed by atoms with E-state index in [2.05, 4.69) is 0 Å². The maximum Gasteiger partial charge on any atom is 0.329 e. The van der Waals surface area contributed by atoms with Crippen molar-refractivity contribution in [3.8, 4) is 11.5 Å². The Hall–Kier alpha value is -2.48. The van der Waals surface area contributed by atoms with Crippen molar-refractivity contribution in [1.29, 1.82) is 0 Å². The highest BCUT2D eigenvalue weighted by Gasteiger charge is 2.41. The summed E-state index contributed by atoms with van der Waals surface area (Å²) in [6, 6.07) is 4.15. The molecule has 0 bridgehead atoms. The highest BCUT2D eigenvalue weighted by atomic mass is 32.2. The standard InChI is InChI=1S/C17H19NO6S/c1-5-24-16(20)10(2)18-15(19)14(25-17(18)21)9-11-8-12(22-3)6-7-13(11)23-4/h6-10H,5H2,1-4H3/b14-9+. The summed E-state index contributed by atoms with van der Waals surface area (Å²) in [7, 11) is 3.04. The van der Waals surface area contributed by atoms with E-state index in [4.69, 9.17) is 14.2 Å². The van der Waals surface area contributed by atoms with Gasteiger partial charge in [0.2, 0.25) is 0 Å². The SMILES string of the molecule is CCOC(=O)C(C)N1C(=O)S/C(=C/c2cc(OC)ccc2OC)C1=O. The van der Waals surface area contributed by atoms with E-state index in [1.165, 1.54) is 21.1 Å². The van der Waals surface area contributed by atoms with Gasteiger partial charge in [-0.05, 0) is 49.9 Å². The molecule has 2 rings (SSSR count). The number of methoxy groups -OCH3 is 2. The number of hydrogen-bond acceptors (Lipinski definition) is 7. The van der Waals surface area contributed by atoms with E-state index in [0.29, 0.717) is 17.1 Å². The van der Waals surface area contributed by atoms with Crippen molar-refractivity contribution in [2.45, 2.75) is 19.9 Å². The van der Waals surface area contributed by atoms with E-state index in [-0.39, 0.29) is 11.5 Å². The van der Waals surface area contributed by atoms with Gasteiger partial charge < -0.3 is 14.2 Å². The number of thioether (sulfide) groups is 1. The molecule has 0 radical (unpaired) electrons. The summed E-state index contributed by atoms with van der Waals surface area (Å²) in [6.07, 6.45) is 1.55. The molecule has 134 valence electrons. The van der Waals surface area contributed by atoms with Crippen LogP contribution in [0.5, 0.6) is 11.5 Å². The third-order valence-electron chi connectivity index (χ3n) is 3.56. The molecule has 1 aromatic carbocycles. The van der Waals surface area contributed by atoms with E-state index in [1.807, 2.05) is 0 Å². The second-order valence-electron chi connectivity index (χ2n) is 5.09. The minimum absolute atomic E-state index is 0.177. The molecule has 0 saturated carbocycles. The van der Waals surface area contributed by atoms with Crippen molar-refractivity contribution in [1.82, 2.24) is 4.90 Å².